The number of piperidine rings is 1. The number of fused-ring (bicyclic) bond motifs is 2. The van der Waals surface area contributed by atoms with Gasteiger partial charge in [-0.2, -0.15) is 8.78 Å². The molecular formula is C46H50F2N4O5. The Hall–Kier alpha value is -5.00. The smallest absolute Gasteiger partial charge is 0.387 e. The van der Waals surface area contributed by atoms with Crippen LogP contribution in [0.2, 0.25) is 0 Å². The Balaban J connectivity index is 0.757. The topological polar surface area (TPSA) is 94.6 Å². The van der Waals surface area contributed by atoms with Gasteiger partial charge in [0.2, 0.25) is 11.8 Å². The van der Waals surface area contributed by atoms with Crippen molar-refractivity contribution in [3.63, 3.8) is 0 Å². The van der Waals surface area contributed by atoms with Gasteiger partial charge in [-0.15, -0.1) is 0 Å². The fourth-order valence-corrected chi connectivity index (χ4v) is 9.95. The number of carbonyl (C=O) groups is 2. The molecule has 9 rings (SSSR count). The Kier molecular flexibility index (Phi) is 10.6. The highest BCUT2D eigenvalue weighted by atomic mass is 19.3. The Morgan fingerprint density at radius 3 is 2.37 bits per heavy atom. The summed E-state index contributed by atoms with van der Waals surface area (Å²) in [5.74, 6) is 2.01. The van der Waals surface area contributed by atoms with Crippen molar-refractivity contribution >= 4 is 17.5 Å². The van der Waals surface area contributed by atoms with Crippen molar-refractivity contribution in [3.05, 3.63) is 118 Å². The molecule has 2 N–H and O–H groups in total. The van der Waals surface area contributed by atoms with E-state index < -0.39 is 12.7 Å². The van der Waals surface area contributed by atoms with Crippen LogP contribution in [0.25, 0.3) is 0 Å². The molecular weight excluding hydrogens is 727 g/mol. The number of carbonyl (C=O) groups excluding carboxylic acids is 2. The third-order valence-corrected chi connectivity index (χ3v) is 13.0. The molecule has 298 valence electrons. The number of phenolic OH excluding ortho intramolecular Hbond substituents is 1. The van der Waals surface area contributed by atoms with Crippen LogP contribution >= 0.6 is 0 Å². The van der Waals surface area contributed by atoms with Crippen LogP contribution in [0.5, 0.6) is 17.2 Å². The van der Waals surface area contributed by atoms with Gasteiger partial charge >= 0.3 is 6.61 Å². The monoisotopic (exact) mass is 776 g/mol. The predicted octanol–water partition coefficient (Wildman–Crippen LogP) is 7.35. The predicted molar refractivity (Wildman–Crippen MR) is 213 cm³/mol. The zero-order valence-corrected chi connectivity index (χ0v) is 32.1. The van der Waals surface area contributed by atoms with E-state index in [1.54, 1.807) is 6.07 Å². The summed E-state index contributed by atoms with van der Waals surface area (Å²) in [4.78, 5) is 30.9. The van der Waals surface area contributed by atoms with Crippen LogP contribution in [0.15, 0.2) is 84.9 Å². The molecule has 9 nitrogen and oxygen atoms in total. The maximum atomic E-state index is 13.5. The standard InChI is InChI=1S/C46H50F2N4O5/c47-46(48)57-42-26-34(24-33-27-52(28-40(33)42)41-14-15-43(54)49-45(41)55)51-20-18-50(19-21-51)17-16-29-22-37(23-29)56-36-10-6-31(7-11-36)44-38(30-4-2-1-3-5-30)12-8-32-25-35(53)9-13-39(32)44/h1-7,9-11,13,24-26,29,37-38,41,44,46,53H,8,12,14-23,27-28H2,(H,49,54,55)/t29?,37?,38-,41?,44+/m1/s1. The molecule has 4 aromatic carbocycles. The second-order valence-corrected chi connectivity index (χ2v) is 16.5. The molecule has 0 radical (unpaired) electrons. The van der Waals surface area contributed by atoms with Crippen LogP contribution in [-0.2, 0) is 29.1 Å². The van der Waals surface area contributed by atoms with E-state index in [2.05, 4.69) is 81.8 Å². The fraction of sp³-hybridized carbons (Fsp3) is 0.435. The first-order chi connectivity index (χ1) is 27.7. The van der Waals surface area contributed by atoms with Gasteiger partial charge < -0.3 is 19.5 Å². The fourth-order valence-electron chi connectivity index (χ4n) is 9.95. The number of aromatic hydroxyl groups is 1. The van der Waals surface area contributed by atoms with E-state index in [4.69, 9.17) is 9.47 Å². The Labute approximate surface area is 332 Å². The summed E-state index contributed by atoms with van der Waals surface area (Å²) in [6, 6.07) is 28.6. The van der Waals surface area contributed by atoms with Crippen molar-refractivity contribution in [3.8, 4) is 17.2 Å². The minimum Gasteiger partial charge on any atom is -0.508 e. The number of aryl methyl sites for hydroxylation is 1. The first-order valence-corrected chi connectivity index (χ1v) is 20.5. The van der Waals surface area contributed by atoms with Gasteiger partial charge in [0.1, 0.15) is 17.2 Å². The van der Waals surface area contributed by atoms with E-state index in [1.165, 1.54) is 22.3 Å². The summed E-state index contributed by atoms with van der Waals surface area (Å²) in [5.41, 5.74) is 7.58. The number of phenols is 1. The first kappa shape index (κ1) is 37.6. The molecule has 2 saturated heterocycles. The number of hydrogen-bond donors (Lipinski definition) is 2. The molecule has 3 heterocycles. The van der Waals surface area contributed by atoms with E-state index in [9.17, 15) is 23.5 Å². The van der Waals surface area contributed by atoms with Crippen molar-refractivity contribution in [2.75, 3.05) is 37.6 Å². The number of anilines is 1. The highest BCUT2D eigenvalue weighted by Gasteiger charge is 2.37. The van der Waals surface area contributed by atoms with Gasteiger partial charge in [0.15, 0.2) is 0 Å². The highest BCUT2D eigenvalue weighted by Crippen LogP contribution is 2.47. The Morgan fingerprint density at radius 1 is 0.825 bits per heavy atom. The summed E-state index contributed by atoms with van der Waals surface area (Å²) in [6.45, 7) is 2.21. The third kappa shape index (κ3) is 8.09. The van der Waals surface area contributed by atoms with Crippen LogP contribution in [0.1, 0.15) is 83.7 Å². The summed E-state index contributed by atoms with van der Waals surface area (Å²) in [6.07, 6.45) is 6.12. The number of imide groups is 1. The van der Waals surface area contributed by atoms with Crippen molar-refractivity contribution in [1.82, 2.24) is 15.1 Å². The molecule has 3 fully saturated rings. The molecule has 3 atom stereocenters. The lowest BCUT2D eigenvalue weighted by Crippen LogP contribution is -2.50. The van der Waals surface area contributed by atoms with E-state index in [1.807, 2.05) is 17.0 Å². The number of nitrogens with one attached hydrogen (secondary N) is 1. The lowest BCUT2D eigenvalue weighted by molar-refractivity contribution is -0.137. The van der Waals surface area contributed by atoms with Crippen molar-refractivity contribution in [2.24, 2.45) is 5.92 Å². The van der Waals surface area contributed by atoms with E-state index in [0.717, 1.165) is 81.8 Å². The maximum absolute atomic E-state index is 13.5. The molecule has 5 aliphatic rings. The van der Waals surface area contributed by atoms with Crippen molar-refractivity contribution < 1.29 is 33.0 Å². The minimum absolute atomic E-state index is 0.168. The third-order valence-electron chi connectivity index (χ3n) is 13.0. The average molecular weight is 777 g/mol. The summed E-state index contributed by atoms with van der Waals surface area (Å²) < 4.78 is 38.5. The van der Waals surface area contributed by atoms with Crippen molar-refractivity contribution in [2.45, 2.75) is 88.6 Å². The molecule has 3 aliphatic heterocycles. The summed E-state index contributed by atoms with van der Waals surface area (Å²) in [7, 11) is 0. The molecule has 2 amide bonds. The number of nitrogens with zero attached hydrogens (tertiary/aromatic N) is 3. The van der Waals surface area contributed by atoms with Crippen LogP contribution in [-0.4, -0.2) is 78.2 Å². The second kappa shape index (κ2) is 16.1. The molecule has 1 saturated carbocycles. The van der Waals surface area contributed by atoms with Gasteiger partial charge in [0, 0.05) is 68.9 Å². The number of amides is 2. The van der Waals surface area contributed by atoms with Crippen LogP contribution < -0.4 is 19.7 Å². The van der Waals surface area contributed by atoms with Crippen LogP contribution in [0.3, 0.4) is 0 Å². The van der Waals surface area contributed by atoms with Gasteiger partial charge in [-0.1, -0.05) is 48.5 Å². The lowest BCUT2D eigenvalue weighted by Gasteiger charge is -2.39. The number of halogens is 2. The van der Waals surface area contributed by atoms with Gasteiger partial charge in [-0.25, -0.2) is 0 Å². The van der Waals surface area contributed by atoms with Crippen LogP contribution in [0.4, 0.5) is 14.5 Å². The van der Waals surface area contributed by atoms with E-state index in [-0.39, 0.29) is 36.0 Å². The number of ether oxygens (including phenoxy) is 2. The number of alkyl halides is 2. The normalized spacial score (nSPS) is 25.1. The molecule has 0 spiro atoms. The SMILES string of the molecule is O=C1CCC(N2Cc3cc(N4CCN(CCC5CC(Oc6ccc([C@@H]7c8ccc(O)cc8CC[C@@H]7c7ccccc7)cc6)C5)CC4)cc(OC(F)F)c3C2)C(=O)N1. The molecule has 0 aromatic heterocycles. The van der Waals surface area contributed by atoms with E-state index >= 15 is 0 Å². The molecule has 4 aromatic rings. The van der Waals surface area contributed by atoms with Crippen LogP contribution in [0, 0.1) is 5.92 Å². The minimum atomic E-state index is -2.95. The number of rotatable bonds is 11. The molecule has 0 bridgehead atoms. The number of benzene rings is 4. The molecule has 2 aliphatic carbocycles. The zero-order valence-electron chi connectivity index (χ0n) is 32.1. The second-order valence-electron chi connectivity index (χ2n) is 16.5. The van der Waals surface area contributed by atoms with Gasteiger partial charge in [0.05, 0.1) is 12.1 Å². The van der Waals surface area contributed by atoms with Gasteiger partial charge in [-0.3, -0.25) is 24.7 Å². The van der Waals surface area contributed by atoms with E-state index in [0.29, 0.717) is 42.7 Å². The zero-order chi connectivity index (χ0) is 39.0. The maximum Gasteiger partial charge on any atom is 0.387 e. The highest BCUT2D eigenvalue weighted by molar-refractivity contribution is 6.00. The molecule has 57 heavy (non-hydrogen) atoms. The van der Waals surface area contributed by atoms with Crippen molar-refractivity contribution in [1.29, 1.82) is 0 Å². The molecule has 1 unspecified atom stereocenters. The Morgan fingerprint density at radius 2 is 1.61 bits per heavy atom. The molecule has 11 heteroatoms. The summed E-state index contributed by atoms with van der Waals surface area (Å²) >= 11 is 0. The lowest BCUT2D eigenvalue weighted by atomic mass is 9.69. The summed E-state index contributed by atoms with van der Waals surface area (Å²) in [5, 5.41) is 12.6. The quantitative estimate of drug-likeness (QED) is 0.153. The van der Waals surface area contributed by atoms with Gasteiger partial charge in [0.25, 0.3) is 0 Å². The number of hydrogen-bond acceptors (Lipinski definition) is 8. The first-order valence-electron chi connectivity index (χ1n) is 20.5. The average Bonchev–Trinajstić information content (AvgIpc) is 3.63. The Bertz CT molecular complexity index is 2080. The largest absolute Gasteiger partial charge is 0.508 e. The van der Waals surface area contributed by atoms with Gasteiger partial charge in [-0.05, 0) is 115 Å². The number of piperazine rings is 1.